The molecule has 7 nitrogen and oxygen atoms in total. The fraction of sp³-hybridized carbons (Fsp3) is 0.0833. The van der Waals surface area contributed by atoms with Gasteiger partial charge in [-0.3, -0.25) is 4.79 Å². The maximum atomic E-state index is 11.7. The minimum Gasteiger partial charge on any atom is -0.507 e. The lowest BCUT2D eigenvalue weighted by atomic mass is 10.2. The lowest BCUT2D eigenvalue weighted by Crippen LogP contribution is -2.11. The smallest absolute Gasteiger partial charge is 0.339 e. The van der Waals surface area contributed by atoms with Crippen LogP contribution in [0.2, 0.25) is 0 Å². The second kappa shape index (κ2) is 4.81. The molecule has 2 aromatic rings. The average molecular weight is 262 g/mol. The van der Waals surface area contributed by atoms with Gasteiger partial charge in [0.2, 0.25) is 5.76 Å². The van der Waals surface area contributed by atoms with Crippen molar-refractivity contribution >= 4 is 17.6 Å². The Hall–Kier alpha value is -2.83. The van der Waals surface area contributed by atoms with E-state index in [9.17, 15) is 14.7 Å². The van der Waals surface area contributed by atoms with Crippen LogP contribution in [0.3, 0.4) is 0 Å². The number of nitrogens with zero attached hydrogens (tertiary/aromatic N) is 1. The number of amides is 1. The molecule has 0 bridgehead atoms. The number of benzene rings is 1. The number of anilines is 1. The largest absolute Gasteiger partial charge is 0.507 e. The summed E-state index contributed by atoms with van der Waals surface area (Å²) >= 11 is 0. The molecule has 0 unspecified atom stereocenters. The Morgan fingerprint density at radius 2 is 2.05 bits per heavy atom. The number of carboxylic acids is 1. The number of aromatic carboxylic acids is 1. The molecule has 0 aliphatic heterocycles. The monoisotopic (exact) mass is 262 g/mol. The fourth-order valence-corrected chi connectivity index (χ4v) is 1.45. The zero-order valence-corrected chi connectivity index (χ0v) is 9.88. The lowest BCUT2D eigenvalue weighted by molar-refractivity contribution is 0.0693. The van der Waals surface area contributed by atoms with Gasteiger partial charge in [0.05, 0.1) is 5.69 Å². The summed E-state index contributed by atoms with van der Waals surface area (Å²) in [7, 11) is 0. The van der Waals surface area contributed by atoms with Crippen LogP contribution in [0.4, 0.5) is 5.69 Å². The second-order valence-electron chi connectivity index (χ2n) is 3.82. The number of carbonyl (C=O) groups excluding carboxylic acids is 1. The van der Waals surface area contributed by atoms with E-state index in [1.807, 2.05) is 0 Å². The molecule has 3 N–H and O–H groups in total. The van der Waals surface area contributed by atoms with Gasteiger partial charge >= 0.3 is 5.97 Å². The highest BCUT2D eigenvalue weighted by Gasteiger charge is 2.14. The van der Waals surface area contributed by atoms with Gasteiger partial charge in [-0.05, 0) is 25.1 Å². The van der Waals surface area contributed by atoms with E-state index in [0.29, 0.717) is 5.69 Å². The summed E-state index contributed by atoms with van der Waals surface area (Å²) in [6.45, 7) is 1.67. The maximum Gasteiger partial charge on any atom is 0.339 e. The summed E-state index contributed by atoms with van der Waals surface area (Å²) in [5.41, 5.74) is 0.489. The Morgan fingerprint density at radius 1 is 1.32 bits per heavy atom. The van der Waals surface area contributed by atoms with Crippen molar-refractivity contribution in [1.82, 2.24) is 5.16 Å². The molecular formula is C12H10N2O5. The molecule has 0 fully saturated rings. The molecule has 0 saturated carbocycles. The average Bonchev–Trinajstić information content (AvgIpc) is 2.78. The van der Waals surface area contributed by atoms with E-state index in [4.69, 9.17) is 9.63 Å². The number of hydrogen-bond donors (Lipinski definition) is 3. The quantitative estimate of drug-likeness (QED) is 0.725. The Morgan fingerprint density at radius 3 is 2.63 bits per heavy atom. The maximum absolute atomic E-state index is 11.7. The summed E-state index contributed by atoms with van der Waals surface area (Å²) in [5, 5.41) is 24.2. The molecule has 2 rings (SSSR count). The van der Waals surface area contributed by atoms with Crippen LogP contribution < -0.4 is 5.32 Å². The molecule has 1 aromatic heterocycles. The molecule has 1 heterocycles. The van der Waals surface area contributed by atoms with Crippen molar-refractivity contribution in [3.05, 3.63) is 41.3 Å². The first-order chi connectivity index (χ1) is 8.97. The van der Waals surface area contributed by atoms with Crippen LogP contribution in [-0.2, 0) is 0 Å². The van der Waals surface area contributed by atoms with E-state index in [1.54, 1.807) is 6.92 Å². The number of carboxylic acid groups (broad SMARTS) is 1. The van der Waals surface area contributed by atoms with Gasteiger partial charge in [0.15, 0.2) is 0 Å². The number of nitrogens with one attached hydrogen (secondary N) is 1. The lowest BCUT2D eigenvalue weighted by Gasteiger charge is -2.05. The van der Waals surface area contributed by atoms with E-state index in [0.717, 1.165) is 6.07 Å². The van der Waals surface area contributed by atoms with E-state index in [1.165, 1.54) is 18.2 Å². The van der Waals surface area contributed by atoms with Crippen molar-refractivity contribution in [1.29, 1.82) is 0 Å². The van der Waals surface area contributed by atoms with E-state index in [2.05, 4.69) is 10.5 Å². The van der Waals surface area contributed by atoms with Crippen molar-refractivity contribution in [3.63, 3.8) is 0 Å². The number of phenols is 1. The standard InChI is InChI=1S/C12H10N2O5/c1-6-4-10(19-14-6)11(16)13-7-2-3-9(15)8(5-7)12(17)18/h2-5,15H,1H3,(H,13,16)(H,17,18). The molecule has 0 atom stereocenters. The highest BCUT2D eigenvalue weighted by Crippen LogP contribution is 2.21. The summed E-state index contributed by atoms with van der Waals surface area (Å²) in [5.74, 6) is -2.20. The molecule has 1 amide bonds. The number of hydrogen-bond acceptors (Lipinski definition) is 5. The van der Waals surface area contributed by atoms with Crippen LogP contribution in [-0.4, -0.2) is 27.2 Å². The molecule has 98 valence electrons. The van der Waals surface area contributed by atoms with Gasteiger partial charge in [0.25, 0.3) is 5.91 Å². The van der Waals surface area contributed by atoms with Crippen molar-refractivity contribution in [3.8, 4) is 5.75 Å². The minimum atomic E-state index is -1.29. The number of aromatic nitrogens is 1. The van der Waals surface area contributed by atoms with Gasteiger partial charge in [0.1, 0.15) is 11.3 Å². The molecule has 1 aromatic carbocycles. The number of rotatable bonds is 3. The Kier molecular flexibility index (Phi) is 3.19. The van der Waals surface area contributed by atoms with Crippen LogP contribution >= 0.6 is 0 Å². The van der Waals surface area contributed by atoms with Gasteiger partial charge in [-0.2, -0.15) is 0 Å². The van der Waals surface area contributed by atoms with E-state index in [-0.39, 0.29) is 22.8 Å². The highest BCUT2D eigenvalue weighted by atomic mass is 16.5. The second-order valence-corrected chi connectivity index (χ2v) is 3.82. The zero-order chi connectivity index (χ0) is 14.0. The Balaban J connectivity index is 2.22. The number of aromatic hydroxyl groups is 1. The normalized spacial score (nSPS) is 10.2. The highest BCUT2D eigenvalue weighted by molar-refractivity contribution is 6.03. The predicted octanol–water partition coefficient (Wildman–Crippen LogP) is 1.64. The van der Waals surface area contributed by atoms with Gasteiger partial charge in [-0.15, -0.1) is 0 Å². The van der Waals surface area contributed by atoms with Crippen LogP contribution in [0, 0.1) is 6.92 Å². The fourth-order valence-electron chi connectivity index (χ4n) is 1.45. The van der Waals surface area contributed by atoms with Crippen LogP contribution in [0.5, 0.6) is 5.75 Å². The molecule has 0 saturated heterocycles. The Labute approximate surface area is 107 Å². The van der Waals surface area contributed by atoms with Crippen LogP contribution in [0.1, 0.15) is 26.6 Å². The van der Waals surface area contributed by atoms with Gasteiger partial charge in [0, 0.05) is 11.8 Å². The molecule has 0 aliphatic rings. The van der Waals surface area contributed by atoms with Crippen molar-refractivity contribution in [2.24, 2.45) is 0 Å². The topological polar surface area (TPSA) is 113 Å². The molecule has 7 heteroatoms. The van der Waals surface area contributed by atoms with Crippen LogP contribution in [0.25, 0.3) is 0 Å². The van der Waals surface area contributed by atoms with Crippen molar-refractivity contribution < 1.29 is 24.3 Å². The number of carbonyl (C=O) groups is 2. The first-order valence-electron chi connectivity index (χ1n) is 5.28. The van der Waals surface area contributed by atoms with Gasteiger partial charge in [-0.1, -0.05) is 5.16 Å². The third-order valence-corrected chi connectivity index (χ3v) is 2.34. The van der Waals surface area contributed by atoms with Crippen molar-refractivity contribution in [2.75, 3.05) is 5.32 Å². The molecule has 0 spiro atoms. The van der Waals surface area contributed by atoms with Crippen molar-refractivity contribution in [2.45, 2.75) is 6.92 Å². The minimum absolute atomic E-state index is 0.0162. The first kappa shape index (κ1) is 12.6. The summed E-state index contributed by atoms with van der Waals surface area (Å²) in [4.78, 5) is 22.6. The molecular weight excluding hydrogens is 252 g/mol. The van der Waals surface area contributed by atoms with Crippen LogP contribution in [0.15, 0.2) is 28.8 Å². The third kappa shape index (κ3) is 2.71. The molecule has 0 radical (unpaired) electrons. The summed E-state index contributed by atoms with van der Waals surface area (Å²) in [6, 6.07) is 5.17. The number of aryl methyl sites for hydroxylation is 1. The van der Waals surface area contributed by atoms with E-state index < -0.39 is 11.9 Å². The summed E-state index contributed by atoms with van der Waals surface area (Å²) < 4.78 is 4.77. The zero-order valence-electron chi connectivity index (χ0n) is 9.88. The first-order valence-corrected chi connectivity index (χ1v) is 5.28. The summed E-state index contributed by atoms with van der Waals surface area (Å²) in [6.07, 6.45) is 0. The molecule has 19 heavy (non-hydrogen) atoms. The predicted molar refractivity (Wildman–Crippen MR) is 64.3 cm³/mol. The van der Waals surface area contributed by atoms with Gasteiger partial charge < -0.3 is 20.1 Å². The van der Waals surface area contributed by atoms with Gasteiger partial charge in [-0.25, -0.2) is 4.79 Å². The SMILES string of the molecule is Cc1cc(C(=O)Nc2ccc(O)c(C(=O)O)c2)on1. The molecule has 0 aliphatic carbocycles. The third-order valence-electron chi connectivity index (χ3n) is 2.34. The van der Waals surface area contributed by atoms with E-state index >= 15 is 0 Å². The Bertz CT molecular complexity index is 647.